The average molecular weight is 134 g/mol. The summed E-state index contributed by atoms with van der Waals surface area (Å²) in [5.74, 6) is 0.929. The molecule has 0 saturated carbocycles. The van der Waals surface area contributed by atoms with E-state index in [2.05, 4.69) is 18.2 Å². The zero-order valence-electron chi connectivity index (χ0n) is 6.34. The van der Waals surface area contributed by atoms with Crippen molar-refractivity contribution in [3.63, 3.8) is 0 Å². The topological polar surface area (TPSA) is 0 Å². The van der Waals surface area contributed by atoms with Gasteiger partial charge in [-0.2, -0.15) is 0 Å². The molecule has 0 heteroatoms. The Morgan fingerprint density at radius 2 is 2.20 bits per heavy atom. The van der Waals surface area contributed by atoms with E-state index in [-0.39, 0.29) is 0 Å². The van der Waals surface area contributed by atoms with Gasteiger partial charge in [0.25, 0.3) is 0 Å². The second kappa shape index (κ2) is 2.61. The minimum Gasteiger partial charge on any atom is -0.0842 e. The molecule has 54 valence electrons. The predicted molar refractivity (Wildman–Crippen MR) is 43.8 cm³/mol. The fraction of sp³-hybridized carbons (Fsp3) is 0.600. The molecular formula is C10H14. The third kappa shape index (κ3) is 1.03. The Kier molecular flexibility index (Phi) is 1.62. The molecule has 0 N–H and O–H groups in total. The van der Waals surface area contributed by atoms with Gasteiger partial charge in [0.15, 0.2) is 0 Å². The minimum absolute atomic E-state index is 0.929. The Morgan fingerprint density at radius 3 is 3.10 bits per heavy atom. The number of fused-ring (bicyclic) bond motifs is 1. The molecule has 10 heavy (non-hydrogen) atoms. The lowest BCUT2D eigenvalue weighted by Crippen LogP contribution is -2.09. The normalized spacial score (nSPS) is 31.2. The van der Waals surface area contributed by atoms with Gasteiger partial charge in [0.1, 0.15) is 0 Å². The molecule has 0 nitrogen and oxygen atoms in total. The molecule has 0 fully saturated rings. The van der Waals surface area contributed by atoms with E-state index in [9.17, 15) is 0 Å². The van der Waals surface area contributed by atoms with E-state index >= 15 is 0 Å². The van der Waals surface area contributed by atoms with Crippen LogP contribution in [0.2, 0.25) is 0 Å². The maximum absolute atomic E-state index is 2.42. The van der Waals surface area contributed by atoms with Crippen LogP contribution < -0.4 is 0 Å². The Balaban J connectivity index is 2.21. The zero-order valence-corrected chi connectivity index (χ0v) is 6.34. The number of allylic oxidation sites excluding steroid dienone is 4. The van der Waals surface area contributed by atoms with Gasteiger partial charge in [-0.15, -0.1) is 0 Å². The summed E-state index contributed by atoms with van der Waals surface area (Å²) in [5, 5.41) is 0. The molecule has 0 aromatic rings. The quantitative estimate of drug-likeness (QED) is 0.477. The van der Waals surface area contributed by atoms with Crippen LogP contribution in [-0.2, 0) is 0 Å². The second-order valence-corrected chi connectivity index (χ2v) is 3.31. The molecule has 2 rings (SSSR count). The van der Waals surface area contributed by atoms with E-state index in [1.807, 2.05) is 0 Å². The summed E-state index contributed by atoms with van der Waals surface area (Å²) in [6, 6.07) is 0. The maximum Gasteiger partial charge on any atom is -0.0162 e. The highest BCUT2D eigenvalue weighted by atomic mass is 14.2. The fourth-order valence-corrected chi connectivity index (χ4v) is 2.00. The van der Waals surface area contributed by atoms with Crippen molar-refractivity contribution in [3.8, 4) is 0 Å². The first-order valence-corrected chi connectivity index (χ1v) is 4.33. The van der Waals surface area contributed by atoms with Crippen LogP contribution in [0.1, 0.15) is 32.1 Å². The van der Waals surface area contributed by atoms with Crippen molar-refractivity contribution < 1.29 is 0 Å². The molecule has 2 aliphatic carbocycles. The van der Waals surface area contributed by atoms with E-state index in [0.717, 1.165) is 5.92 Å². The molecular weight excluding hydrogens is 120 g/mol. The van der Waals surface area contributed by atoms with Crippen molar-refractivity contribution in [1.29, 1.82) is 0 Å². The molecule has 1 unspecified atom stereocenters. The highest BCUT2D eigenvalue weighted by molar-refractivity contribution is 5.25. The summed E-state index contributed by atoms with van der Waals surface area (Å²) in [6.07, 6.45) is 13.9. The van der Waals surface area contributed by atoms with Crippen LogP contribution >= 0.6 is 0 Å². The van der Waals surface area contributed by atoms with Crippen LogP contribution in [0.15, 0.2) is 23.8 Å². The highest BCUT2D eigenvalue weighted by Gasteiger charge is 2.16. The average Bonchev–Trinajstić information content (AvgIpc) is 2.05. The van der Waals surface area contributed by atoms with Gasteiger partial charge in [-0.05, 0) is 43.6 Å². The van der Waals surface area contributed by atoms with Gasteiger partial charge in [-0.1, -0.05) is 18.2 Å². The first-order chi connectivity index (χ1) is 4.97. The van der Waals surface area contributed by atoms with Crippen molar-refractivity contribution in [1.82, 2.24) is 0 Å². The Morgan fingerprint density at radius 1 is 1.20 bits per heavy atom. The van der Waals surface area contributed by atoms with Crippen molar-refractivity contribution in [2.75, 3.05) is 0 Å². The largest absolute Gasteiger partial charge is 0.0842 e. The highest BCUT2D eigenvalue weighted by Crippen LogP contribution is 2.32. The molecule has 0 aliphatic heterocycles. The summed E-state index contributed by atoms with van der Waals surface area (Å²) >= 11 is 0. The SMILES string of the molecule is C1=CC2=CCCCC2CC1. The van der Waals surface area contributed by atoms with Crippen LogP contribution in [0.3, 0.4) is 0 Å². The van der Waals surface area contributed by atoms with Crippen molar-refractivity contribution in [2.45, 2.75) is 32.1 Å². The number of hydrogen-bond donors (Lipinski definition) is 0. The predicted octanol–water partition coefficient (Wildman–Crippen LogP) is 3.06. The van der Waals surface area contributed by atoms with Crippen LogP contribution in [0, 0.1) is 5.92 Å². The number of rotatable bonds is 0. The van der Waals surface area contributed by atoms with Crippen molar-refractivity contribution in [2.24, 2.45) is 5.92 Å². The van der Waals surface area contributed by atoms with Gasteiger partial charge in [0, 0.05) is 0 Å². The van der Waals surface area contributed by atoms with E-state index in [4.69, 9.17) is 0 Å². The van der Waals surface area contributed by atoms with Gasteiger partial charge in [-0.25, -0.2) is 0 Å². The molecule has 0 saturated heterocycles. The first kappa shape index (κ1) is 6.21. The summed E-state index contributed by atoms with van der Waals surface area (Å²) in [4.78, 5) is 0. The van der Waals surface area contributed by atoms with Gasteiger partial charge in [0.2, 0.25) is 0 Å². The summed E-state index contributed by atoms with van der Waals surface area (Å²) in [6.45, 7) is 0. The molecule has 0 spiro atoms. The van der Waals surface area contributed by atoms with Gasteiger partial charge < -0.3 is 0 Å². The number of hydrogen-bond acceptors (Lipinski definition) is 0. The Bertz CT molecular complexity index is 174. The molecule has 2 aliphatic rings. The molecule has 0 heterocycles. The monoisotopic (exact) mass is 134 g/mol. The Labute approximate surface area is 62.6 Å². The third-order valence-corrected chi connectivity index (χ3v) is 2.60. The molecule has 0 bridgehead atoms. The van der Waals surface area contributed by atoms with Crippen LogP contribution in [0.4, 0.5) is 0 Å². The first-order valence-electron chi connectivity index (χ1n) is 4.33. The maximum atomic E-state index is 2.42. The lowest BCUT2D eigenvalue weighted by Gasteiger charge is -2.24. The van der Waals surface area contributed by atoms with Crippen LogP contribution in [0.5, 0.6) is 0 Å². The van der Waals surface area contributed by atoms with E-state index < -0.39 is 0 Å². The molecule has 0 aromatic carbocycles. The smallest absolute Gasteiger partial charge is 0.0162 e. The molecule has 0 aromatic heterocycles. The lowest BCUT2D eigenvalue weighted by atomic mass is 9.81. The van der Waals surface area contributed by atoms with Crippen molar-refractivity contribution >= 4 is 0 Å². The second-order valence-electron chi connectivity index (χ2n) is 3.31. The lowest BCUT2D eigenvalue weighted by molar-refractivity contribution is 0.481. The van der Waals surface area contributed by atoms with Gasteiger partial charge in [0.05, 0.1) is 0 Å². The zero-order chi connectivity index (χ0) is 6.81. The van der Waals surface area contributed by atoms with Crippen LogP contribution in [0.25, 0.3) is 0 Å². The molecule has 0 radical (unpaired) electrons. The summed E-state index contributed by atoms with van der Waals surface area (Å²) < 4.78 is 0. The summed E-state index contributed by atoms with van der Waals surface area (Å²) in [7, 11) is 0. The van der Waals surface area contributed by atoms with Crippen molar-refractivity contribution in [3.05, 3.63) is 23.8 Å². The van der Waals surface area contributed by atoms with Gasteiger partial charge in [-0.3, -0.25) is 0 Å². The summed E-state index contributed by atoms with van der Waals surface area (Å²) in [5.41, 5.74) is 1.62. The Hall–Kier alpha value is -0.520. The molecule has 0 amide bonds. The fourth-order valence-electron chi connectivity index (χ4n) is 2.00. The van der Waals surface area contributed by atoms with E-state index in [1.165, 1.54) is 32.1 Å². The third-order valence-electron chi connectivity index (χ3n) is 2.60. The van der Waals surface area contributed by atoms with Gasteiger partial charge >= 0.3 is 0 Å². The van der Waals surface area contributed by atoms with E-state index in [1.54, 1.807) is 5.57 Å². The molecule has 1 atom stereocenters. The minimum atomic E-state index is 0.929. The van der Waals surface area contributed by atoms with Crippen LogP contribution in [-0.4, -0.2) is 0 Å². The van der Waals surface area contributed by atoms with E-state index in [0.29, 0.717) is 0 Å². The standard InChI is InChI=1S/C10H14/c1-2-6-10-8-4-3-7-9(10)5-1/h1,5,7,10H,2-4,6,8H2.